The molecule has 0 spiro atoms. The molecular formula is C14H11F3O. The summed E-state index contributed by atoms with van der Waals surface area (Å²) in [5.74, 6) is -0.799. The molecule has 0 unspecified atom stereocenters. The van der Waals surface area contributed by atoms with Gasteiger partial charge in [0.25, 0.3) is 6.43 Å². The quantitative estimate of drug-likeness (QED) is 0.786. The summed E-state index contributed by atoms with van der Waals surface area (Å²) in [5.41, 5.74) is 0.536. The summed E-state index contributed by atoms with van der Waals surface area (Å²) in [6.07, 6.45) is -2.68. The fourth-order valence-corrected chi connectivity index (χ4v) is 1.51. The van der Waals surface area contributed by atoms with Gasteiger partial charge in [-0.15, -0.1) is 0 Å². The predicted octanol–water partition coefficient (Wildman–Crippen LogP) is 4.34. The van der Waals surface area contributed by atoms with Gasteiger partial charge in [0.2, 0.25) is 0 Å². The fourth-order valence-electron chi connectivity index (χ4n) is 1.51. The first-order valence-electron chi connectivity index (χ1n) is 5.41. The summed E-state index contributed by atoms with van der Waals surface area (Å²) in [5, 5.41) is 0. The highest BCUT2D eigenvalue weighted by Crippen LogP contribution is 2.25. The van der Waals surface area contributed by atoms with Gasteiger partial charge in [0, 0.05) is 5.56 Å². The van der Waals surface area contributed by atoms with E-state index in [0.717, 1.165) is 17.7 Å². The number of halogens is 3. The van der Waals surface area contributed by atoms with E-state index in [1.807, 2.05) is 30.3 Å². The molecule has 0 aliphatic heterocycles. The fraction of sp³-hybridized carbons (Fsp3) is 0.143. The van der Waals surface area contributed by atoms with Crippen molar-refractivity contribution in [2.75, 3.05) is 0 Å². The largest absolute Gasteiger partial charge is 0.486 e. The van der Waals surface area contributed by atoms with Gasteiger partial charge in [0.15, 0.2) is 11.6 Å². The van der Waals surface area contributed by atoms with Crippen molar-refractivity contribution in [2.24, 2.45) is 0 Å². The summed E-state index contributed by atoms with van der Waals surface area (Å²) >= 11 is 0. The first-order chi connectivity index (χ1) is 8.66. The number of alkyl halides is 2. The first-order valence-corrected chi connectivity index (χ1v) is 5.41. The Labute approximate surface area is 103 Å². The SMILES string of the molecule is Fc1cc(C(F)F)ccc1OCc1ccccc1. The molecule has 2 rings (SSSR count). The molecule has 0 saturated heterocycles. The maximum absolute atomic E-state index is 13.5. The molecule has 0 amide bonds. The van der Waals surface area contributed by atoms with Gasteiger partial charge in [-0.3, -0.25) is 0 Å². The molecule has 0 aliphatic carbocycles. The lowest BCUT2D eigenvalue weighted by atomic mass is 10.2. The van der Waals surface area contributed by atoms with E-state index in [0.29, 0.717) is 0 Å². The lowest BCUT2D eigenvalue weighted by Gasteiger charge is -2.08. The second kappa shape index (κ2) is 5.58. The van der Waals surface area contributed by atoms with Crippen molar-refractivity contribution in [1.82, 2.24) is 0 Å². The molecule has 0 bridgehead atoms. The second-order valence-corrected chi connectivity index (χ2v) is 3.76. The molecule has 1 nitrogen and oxygen atoms in total. The molecule has 0 fully saturated rings. The Morgan fingerprint density at radius 1 is 1.00 bits per heavy atom. The predicted molar refractivity (Wildman–Crippen MR) is 62.1 cm³/mol. The Bertz CT molecular complexity index is 512. The van der Waals surface area contributed by atoms with Crippen LogP contribution in [0.5, 0.6) is 5.75 Å². The minimum Gasteiger partial charge on any atom is -0.486 e. The molecule has 94 valence electrons. The van der Waals surface area contributed by atoms with Crippen molar-refractivity contribution >= 4 is 0 Å². The van der Waals surface area contributed by atoms with E-state index in [4.69, 9.17) is 4.74 Å². The highest BCUT2D eigenvalue weighted by molar-refractivity contribution is 5.30. The standard InChI is InChI=1S/C14H11F3O/c15-12-8-11(14(16)17)6-7-13(12)18-9-10-4-2-1-3-5-10/h1-8,14H,9H2. The van der Waals surface area contributed by atoms with Crippen LogP contribution < -0.4 is 4.74 Å². The third-order valence-electron chi connectivity index (χ3n) is 2.45. The minimum atomic E-state index is -2.68. The van der Waals surface area contributed by atoms with E-state index >= 15 is 0 Å². The van der Waals surface area contributed by atoms with E-state index in [9.17, 15) is 13.2 Å². The summed E-state index contributed by atoms with van der Waals surface area (Å²) in [6.45, 7) is 0.200. The number of hydrogen-bond donors (Lipinski definition) is 0. The second-order valence-electron chi connectivity index (χ2n) is 3.76. The number of hydrogen-bond acceptors (Lipinski definition) is 1. The zero-order valence-electron chi connectivity index (χ0n) is 9.45. The lowest BCUT2D eigenvalue weighted by molar-refractivity contribution is 0.150. The molecule has 4 heteroatoms. The van der Waals surface area contributed by atoms with Gasteiger partial charge < -0.3 is 4.74 Å². The Morgan fingerprint density at radius 3 is 2.33 bits per heavy atom. The molecule has 2 aromatic carbocycles. The molecule has 0 aromatic heterocycles. The average Bonchev–Trinajstić information content (AvgIpc) is 2.38. The maximum atomic E-state index is 13.5. The summed E-state index contributed by atoms with van der Waals surface area (Å²) in [7, 11) is 0. The maximum Gasteiger partial charge on any atom is 0.263 e. The van der Waals surface area contributed by atoms with Gasteiger partial charge >= 0.3 is 0 Å². The highest BCUT2D eigenvalue weighted by Gasteiger charge is 2.11. The Hall–Kier alpha value is -1.97. The van der Waals surface area contributed by atoms with Crippen LogP contribution >= 0.6 is 0 Å². The van der Waals surface area contributed by atoms with E-state index in [2.05, 4.69) is 0 Å². The van der Waals surface area contributed by atoms with E-state index in [1.165, 1.54) is 6.07 Å². The van der Waals surface area contributed by atoms with Crippen LogP contribution in [0.25, 0.3) is 0 Å². The van der Waals surface area contributed by atoms with Crippen molar-refractivity contribution < 1.29 is 17.9 Å². The monoisotopic (exact) mass is 252 g/mol. The Kier molecular flexibility index (Phi) is 3.87. The van der Waals surface area contributed by atoms with Crippen LogP contribution in [0.1, 0.15) is 17.6 Å². The Morgan fingerprint density at radius 2 is 1.72 bits per heavy atom. The molecule has 0 heterocycles. The average molecular weight is 252 g/mol. The molecule has 0 radical (unpaired) electrons. The molecule has 0 N–H and O–H groups in total. The highest BCUT2D eigenvalue weighted by atomic mass is 19.3. The number of ether oxygens (including phenoxy) is 1. The Balaban J connectivity index is 2.06. The minimum absolute atomic E-state index is 0.0248. The van der Waals surface area contributed by atoms with E-state index < -0.39 is 12.2 Å². The third-order valence-corrected chi connectivity index (χ3v) is 2.45. The van der Waals surface area contributed by atoms with Crippen LogP contribution in [0.2, 0.25) is 0 Å². The molecule has 0 aliphatic rings. The third kappa shape index (κ3) is 3.03. The van der Waals surface area contributed by atoms with Crippen LogP contribution in [0.15, 0.2) is 48.5 Å². The van der Waals surface area contributed by atoms with Crippen LogP contribution in [0, 0.1) is 5.82 Å². The summed E-state index contributed by atoms with van der Waals surface area (Å²) in [4.78, 5) is 0. The normalized spacial score (nSPS) is 10.7. The molecule has 0 saturated carbocycles. The van der Waals surface area contributed by atoms with Gasteiger partial charge in [-0.2, -0.15) is 0 Å². The lowest BCUT2D eigenvalue weighted by Crippen LogP contribution is -1.98. The van der Waals surface area contributed by atoms with Crippen molar-refractivity contribution in [3.05, 3.63) is 65.5 Å². The smallest absolute Gasteiger partial charge is 0.263 e. The van der Waals surface area contributed by atoms with Crippen molar-refractivity contribution in [3.63, 3.8) is 0 Å². The van der Waals surface area contributed by atoms with Crippen molar-refractivity contribution in [3.8, 4) is 5.75 Å². The van der Waals surface area contributed by atoms with Gasteiger partial charge in [0.05, 0.1) is 0 Å². The van der Waals surface area contributed by atoms with Crippen LogP contribution in [-0.4, -0.2) is 0 Å². The van der Waals surface area contributed by atoms with Gasteiger partial charge in [-0.1, -0.05) is 30.3 Å². The topological polar surface area (TPSA) is 9.23 Å². The van der Waals surface area contributed by atoms with Crippen LogP contribution in [-0.2, 0) is 6.61 Å². The molecular weight excluding hydrogens is 241 g/mol. The van der Waals surface area contributed by atoms with E-state index in [-0.39, 0.29) is 17.9 Å². The number of benzene rings is 2. The van der Waals surface area contributed by atoms with Crippen molar-refractivity contribution in [2.45, 2.75) is 13.0 Å². The van der Waals surface area contributed by atoms with Crippen molar-refractivity contribution in [1.29, 1.82) is 0 Å². The van der Waals surface area contributed by atoms with Crippen LogP contribution in [0.3, 0.4) is 0 Å². The number of rotatable bonds is 4. The van der Waals surface area contributed by atoms with Gasteiger partial charge in [0.1, 0.15) is 6.61 Å². The van der Waals surface area contributed by atoms with Gasteiger partial charge in [-0.25, -0.2) is 13.2 Å². The van der Waals surface area contributed by atoms with Gasteiger partial charge in [-0.05, 0) is 23.8 Å². The zero-order chi connectivity index (χ0) is 13.0. The van der Waals surface area contributed by atoms with Crippen LogP contribution in [0.4, 0.5) is 13.2 Å². The summed E-state index contributed by atoms with van der Waals surface area (Å²) < 4.78 is 43.3. The first kappa shape index (κ1) is 12.5. The van der Waals surface area contributed by atoms with E-state index in [1.54, 1.807) is 0 Å². The molecule has 18 heavy (non-hydrogen) atoms. The molecule has 2 aromatic rings. The molecule has 0 atom stereocenters. The zero-order valence-corrected chi connectivity index (χ0v) is 9.45. The summed E-state index contributed by atoms with van der Waals surface area (Å²) in [6, 6.07) is 12.4.